The molecule has 0 saturated heterocycles. The standard InChI is InChI=1S/C19H15NO2/c21-19(22-12-13-5-2-1-3-6-13)16-10-9-14-11-20-17-8-4-7-15(16)18(14)17/h1-10,20H,11-12H2. The predicted molar refractivity (Wildman–Crippen MR) is 86.8 cm³/mol. The largest absolute Gasteiger partial charge is 0.457 e. The second kappa shape index (κ2) is 5.19. The molecule has 0 radical (unpaired) electrons. The first-order chi connectivity index (χ1) is 10.8. The third-order valence-corrected chi connectivity index (χ3v) is 4.03. The summed E-state index contributed by atoms with van der Waals surface area (Å²) < 4.78 is 5.46. The molecule has 0 amide bonds. The minimum Gasteiger partial charge on any atom is -0.457 e. The van der Waals surface area contributed by atoms with Gasteiger partial charge in [0.15, 0.2) is 0 Å². The van der Waals surface area contributed by atoms with Crippen molar-refractivity contribution in [1.82, 2.24) is 0 Å². The Morgan fingerprint density at radius 2 is 1.86 bits per heavy atom. The van der Waals surface area contributed by atoms with Crippen LogP contribution in [-0.4, -0.2) is 5.97 Å². The van der Waals surface area contributed by atoms with Gasteiger partial charge in [0.1, 0.15) is 6.61 Å². The summed E-state index contributed by atoms with van der Waals surface area (Å²) >= 11 is 0. The number of benzene rings is 3. The quantitative estimate of drug-likeness (QED) is 0.737. The van der Waals surface area contributed by atoms with E-state index in [0.717, 1.165) is 28.6 Å². The van der Waals surface area contributed by atoms with Crippen molar-refractivity contribution >= 4 is 22.4 Å². The molecule has 1 aliphatic heterocycles. The summed E-state index contributed by atoms with van der Waals surface area (Å²) in [6.07, 6.45) is 0. The van der Waals surface area contributed by atoms with Crippen LogP contribution in [0.3, 0.4) is 0 Å². The van der Waals surface area contributed by atoms with Gasteiger partial charge in [-0.05, 0) is 28.6 Å². The van der Waals surface area contributed by atoms with Gasteiger partial charge in [-0.15, -0.1) is 0 Å². The number of hydrogen-bond donors (Lipinski definition) is 1. The average Bonchev–Trinajstić information content (AvgIpc) is 2.99. The van der Waals surface area contributed by atoms with E-state index in [4.69, 9.17) is 4.74 Å². The minimum atomic E-state index is -0.278. The number of anilines is 1. The fourth-order valence-corrected chi connectivity index (χ4v) is 2.94. The molecule has 4 rings (SSSR count). The van der Waals surface area contributed by atoms with E-state index in [1.807, 2.05) is 60.7 Å². The van der Waals surface area contributed by atoms with Gasteiger partial charge in [-0.25, -0.2) is 4.79 Å². The summed E-state index contributed by atoms with van der Waals surface area (Å²) in [5.41, 5.74) is 3.93. The van der Waals surface area contributed by atoms with Crippen molar-refractivity contribution in [3.8, 4) is 0 Å². The minimum absolute atomic E-state index is 0.278. The van der Waals surface area contributed by atoms with Gasteiger partial charge in [0.05, 0.1) is 5.56 Å². The molecule has 0 unspecified atom stereocenters. The van der Waals surface area contributed by atoms with E-state index in [1.54, 1.807) is 0 Å². The molecule has 3 heteroatoms. The Bertz CT molecular complexity index is 846. The van der Waals surface area contributed by atoms with Crippen molar-refractivity contribution < 1.29 is 9.53 Å². The molecule has 22 heavy (non-hydrogen) atoms. The molecule has 0 bridgehead atoms. The fraction of sp³-hybridized carbons (Fsp3) is 0.105. The lowest BCUT2D eigenvalue weighted by Crippen LogP contribution is -2.06. The molecule has 0 aliphatic carbocycles. The summed E-state index contributed by atoms with van der Waals surface area (Å²) in [5, 5.41) is 5.44. The normalized spacial score (nSPS) is 12.2. The summed E-state index contributed by atoms with van der Waals surface area (Å²) in [5.74, 6) is -0.278. The van der Waals surface area contributed by atoms with Crippen LogP contribution in [0.25, 0.3) is 10.8 Å². The van der Waals surface area contributed by atoms with Gasteiger partial charge in [-0.2, -0.15) is 0 Å². The number of nitrogens with one attached hydrogen (secondary N) is 1. The van der Waals surface area contributed by atoms with Crippen LogP contribution in [0.4, 0.5) is 5.69 Å². The SMILES string of the molecule is O=C(OCc1ccccc1)c1ccc2c3c(cccc13)NC2. The van der Waals surface area contributed by atoms with Crippen molar-refractivity contribution in [1.29, 1.82) is 0 Å². The molecule has 1 N–H and O–H groups in total. The maximum absolute atomic E-state index is 12.4. The highest BCUT2D eigenvalue weighted by atomic mass is 16.5. The van der Waals surface area contributed by atoms with Crippen LogP contribution >= 0.6 is 0 Å². The number of carbonyl (C=O) groups excluding carboxylic acids is 1. The monoisotopic (exact) mass is 289 g/mol. The zero-order chi connectivity index (χ0) is 14.9. The molecule has 3 aromatic rings. The van der Waals surface area contributed by atoms with Gasteiger partial charge < -0.3 is 10.1 Å². The van der Waals surface area contributed by atoms with E-state index < -0.39 is 0 Å². The van der Waals surface area contributed by atoms with Crippen LogP contribution in [0.5, 0.6) is 0 Å². The van der Waals surface area contributed by atoms with Gasteiger partial charge in [0, 0.05) is 17.6 Å². The maximum Gasteiger partial charge on any atom is 0.339 e. The Balaban J connectivity index is 1.66. The third-order valence-electron chi connectivity index (χ3n) is 4.03. The molecular formula is C19H15NO2. The van der Waals surface area contributed by atoms with Gasteiger partial charge in [-0.1, -0.05) is 48.5 Å². The van der Waals surface area contributed by atoms with E-state index >= 15 is 0 Å². The highest BCUT2D eigenvalue weighted by Crippen LogP contribution is 2.34. The Hall–Kier alpha value is -2.81. The van der Waals surface area contributed by atoms with Gasteiger partial charge in [-0.3, -0.25) is 0 Å². The maximum atomic E-state index is 12.4. The van der Waals surface area contributed by atoms with Crippen LogP contribution in [0, 0.1) is 0 Å². The fourth-order valence-electron chi connectivity index (χ4n) is 2.94. The van der Waals surface area contributed by atoms with Gasteiger partial charge in [0.25, 0.3) is 0 Å². The molecule has 0 saturated carbocycles. The van der Waals surface area contributed by atoms with Crippen molar-refractivity contribution in [3.63, 3.8) is 0 Å². The Labute approximate surface area is 128 Å². The highest BCUT2D eigenvalue weighted by Gasteiger charge is 2.19. The van der Waals surface area contributed by atoms with E-state index in [-0.39, 0.29) is 5.97 Å². The van der Waals surface area contributed by atoms with Crippen LogP contribution in [0.2, 0.25) is 0 Å². The van der Waals surface area contributed by atoms with Crippen LogP contribution in [-0.2, 0) is 17.9 Å². The molecule has 0 fully saturated rings. The molecule has 0 spiro atoms. The summed E-state index contributed by atoms with van der Waals surface area (Å²) in [6, 6.07) is 19.6. The lowest BCUT2D eigenvalue weighted by atomic mass is 10.0. The zero-order valence-electron chi connectivity index (χ0n) is 12.0. The summed E-state index contributed by atoms with van der Waals surface area (Å²) in [7, 11) is 0. The van der Waals surface area contributed by atoms with Crippen molar-refractivity contribution in [3.05, 3.63) is 77.4 Å². The number of hydrogen-bond acceptors (Lipinski definition) is 3. The van der Waals surface area contributed by atoms with Crippen molar-refractivity contribution in [2.24, 2.45) is 0 Å². The second-order valence-electron chi connectivity index (χ2n) is 5.42. The predicted octanol–water partition coefficient (Wildman–Crippen LogP) is 4.12. The first-order valence-electron chi connectivity index (χ1n) is 7.32. The third kappa shape index (κ3) is 2.11. The summed E-state index contributed by atoms with van der Waals surface area (Å²) in [4.78, 5) is 12.4. The molecule has 0 atom stereocenters. The number of carbonyl (C=O) groups is 1. The van der Waals surface area contributed by atoms with Crippen LogP contribution in [0.1, 0.15) is 21.5 Å². The number of rotatable bonds is 3. The van der Waals surface area contributed by atoms with E-state index in [2.05, 4.69) is 5.32 Å². The molecule has 108 valence electrons. The number of ether oxygens (including phenoxy) is 1. The first kappa shape index (κ1) is 12.9. The highest BCUT2D eigenvalue weighted by molar-refractivity contribution is 6.10. The van der Waals surface area contributed by atoms with Gasteiger partial charge in [0.2, 0.25) is 0 Å². The van der Waals surface area contributed by atoms with Crippen LogP contribution in [0.15, 0.2) is 60.7 Å². The zero-order valence-corrected chi connectivity index (χ0v) is 12.0. The lowest BCUT2D eigenvalue weighted by molar-refractivity contribution is 0.0475. The van der Waals surface area contributed by atoms with Crippen molar-refractivity contribution in [2.75, 3.05) is 5.32 Å². The van der Waals surface area contributed by atoms with E-state index in [0.29, 0.717) is 12.2 Å². The summed E-state index contributed by atoms with van der Waals surface area (Å²) in [6.45, 7) is 1.11. The Morgan fingerprint density at radius 1 is 1.00 bits per heavy atom. The molecule has 3 aromatic carbocycles. The van der Waals surface area contributed by atoms with Gasteiger partial charge >= 0.3 is 5.97 Å². The lowest BCUT2D eigenvalue weighted by Gasteiger charge is -2.09. The first-order valence-corrected chi connectivity index (χ1v) is 7.32. The van der Waals surface area contributed by atoms with E-state index in [9.17, 15) is 4.79 Å². The smallest absolute Gasteiger partial charge is 0.339 e. The topological polar surface area (TPSA) is 38.3 Å². The molecule has 1 heterocycles. The Kier molecular flexibility index (Phi) is 3.04. The number of esters is 1. The molecule has 3 nitrogen and oxygen atoms in total. The molecule has 1 aliphatic rings. The Morgan fingerprint density at radius 3 is 2.73 bits per heavy atom. The van der Waals surface area contributed by atoms with Crippen LogP contribution < -0.4 is 5.32 Å². The van der Waals surface area contributed by atoms with E-state index in [1.165, 1.54) is 5.56 Å². The average molecular weight is 289 g/mol. The molecular weight excluding hydrogens is 274 g/mol. The van der Waals surface area contributed by atoms with Crippen molar-refractivity contribution in [2.45, 2.75) is 13.2 Å². The molecule has 0 aromatic heterocycles. The second-order valence-corrected chi connectivity index (χ2v) is 5.42.